The topological polar surface area (TPSA) is 35.5 Å². The van der Waals surface area contributed by atoms with Crippen molar-refractivity contribution in [2.45, 2.75) is 46.5 Å². The molecule has 0 aliphatic heterocycles. The van der Waals surface area contributed by atoms with Gasteiger partial charge in [-0.3, -0.25) is 0 Å². The zero-order valence-corrected chi connectivity index (χ0v) is 10.4. The van der Waals surface area contributed by atoms with Gasteiger partial charge in [-0.25, -0.2) is 0 Å². The second kappa shape index (κ2) is 9.57. The lowest BCUT2D eigenvalue weighted by atomic mass is 10.2. The highest BCUT2D eigenvalue weighted by Crippen LogP contribution is 2.24. The average molecular weight is 221 g/mol. The van der Waals surface area contributed by atoms with Crippen LogP contribution in [0.25, 0.3) is 0 Å². The maximum Gasteiger partial charge on any atom is 0.697 e. The van der Waals surface area contributed by atoms with Crippen LogP contribution in [0.2, 0.25) is 0 Å². The Morgan fingerprint density at radius 1 is 1.14 bits per heavy atom. The second-order valence-electron chi connectivity index (χ2n) is 3.78. The van der Waals surface area contributed by atoms with E-state index in [1.165, 1.54) is 0 Å². The standard InChI is InChI=1S/C10H22O3P/c1-4-5-6-8-12-14(11)13-9-7-10(2)3/h10H,4-9H2,1-3H3/q+1. The molecule has 0 saturated heterocycles. The third-order valence-corrected chi connectivity index (χ3v) is 2.62. The van der Waals surface area contributed by atoms with Crippen LogP contribution in [0.15, 0.2) is 0 Å². The minimum atomic E-state index is -1.88. The first-order valence-electron chi connectivity index (χ1n) is 5.40. The van der Waals surface area contributed by atoms with Crippen molar-refractivity contribution in [3.63, 3.8) is 0 Å². The van der Waals surface area contributed by atoms with Crippen LogP contribution in [0, 0.1) is 5.92 Å². The second-order valence-corrected chi connectivity index (χ2v) is 4.74. The van der Waals surface area contributed by atoms with Crippen molar-refractivity contribution in [1.29, 1.82) is 0 Å². The van der Waals surface area contributed by atoms with E-state index in [4.69, 9.17) is 9.05 Å². The smallest absolute Gasteiger partial charge is 0.119 e. The van der Waals surface area contributed by atoms with Gasteiger partial charge in [0.05, 0.1) is 0 Å². The van der Waals surface area contributed by atoms with Gasteiger partial charge >= 0.3 is 8.25 Å². The Hall–Kier alpha value is 0.0200. The molecule has 0 aromatic carbocycles. The van der Waals surface area contributed by atoms with E-state index in [1.54, 1.807) is 0 Å². The maximum atomic E-state index is 11.1. The molecule has 1 atom stereocenters. The predicted molar refractivity (Wildman–Crippen MR) is 58.5 cm³/mol. The quantitative estimate of drug-likeness (QED) is 0.437. The van der Waals surface area contributed by atoms with Gasteiger partial charge in [-0.1, -0.05) is 33.6 Å². The van der Waals surface area contributed by atoms with E-state index in [0.29, 0.717) is 19.1 Å². The van der Waals surface area contributed by atoms with E-state index in [-0.39, 0.29) is 0 Å². The fourth-order valence-corrected chi connectivity index (χ4v) is 1.50. The zero-order valence-electron chi connectivity index (χ0n) is 9.49. The van der Waals surface area contributed by atoms with Gasteiger partial charge < -0.3 is 0 Å². The molecule has 0 saturated carbocycles. The molecule has 1 unspecified atom stereocenters. The monoisotopic (exact) mass is 221 g/mol. The van der Waals surface area contributed by atoms with Gasteiger partial charge in [-0.2, -0.15) is 0 Å². The predicted octanol–water partition coefficient (Wildman–Crippen LogP) is 3.91. The van der Waals surface area contributed by atoms with E-state index in [9.17, 15) is 4.57 Å². The molecule has 4 heteroatoms. The third-order valence-electron chi connectivity index (χ3n) is 1.84. The molecule has 0 bridgehead atoms. The lowest BCUT2D eigenvalue weighted by molar-refractivity contribution is 0.213. The molecule has 0 rings (SSSR count). The van der Waals surface area contributed by atoms with Crippen LogP contribution < -0.4 is 0 Å². The summed E-state index contributed by atoms with van der Waals surface area (Å²) < 4.78 is 21.1. The molecular weight excluding hydrogens is 199 g/mol. The van der Waals surface area contributed by atoms with Crippen molar-refractivity contribution < 1.29 is 13.6 Å². The van der Waals surface area contributed by atoms with Crippen LogP contribution in [0.3, 0.4) is 0 Å². The lowest BCUT2D eigenvalue weighted by Gasteiger charge is -1.97. The van der Waals surface area contributed by atoms with Crippen LogP contribution in [-0.4, -0.2) is 13.2 Å². The van der Waals surface area contributed by atoms with Crippen LogP contribution in [-0.2, 0) is 13.6 Å². The molecule has 0 aromatic rings. The number of hydrogen-bond acceptors (Lipinski definition) is 3. The molecule has 3 nitrogen and oxygen atoms in total. The summed E-state index contributed by atoms with van der Waals surface area (Å²) in [6, 6.07) is 0. The molecule has 0 aliphatic rings. The summed E-state index contributed by atoms with van der Waals surface area (Å²) in [5.74, 6) is 0.582. The molecule has 84 valence electrons. The van der Waals surface area contributed by atoms with E-state index < -0.39 is 8.25 Å². The number of rotatable bonds is 9. The summed E-state index contributed by atoms with van der Waals surface area (Å²) in [5.41, 5.74) is 0. The van der Waals surface area contributed by atoms with Gasteiger partial charge in [-0.05, 0) is 18.8 Å². The molecule has 0 heterocycles. The minimum absolute atomic E-state index is 0.528. The first kappa shape index (κ1) is 14.0. The SMILES string of the molecule is CCCCCO[P+](=O)OCCC(C)C. The van der Waals surface area contributed by atoms with Crippen molar-refractivity contribution in [3.8, 4) is 0 Å². The molecule has 0 aliphatic carbocycles. The number of hydrogen-bond donors (Lipinski definition) is 0. The van der Waals surface area contributed by atoms with Crippen molar-refractivity contribution in [3.05, 3.63) is 0 Å². The molecule has 0 amide bonds. The Labute approximate surface area is 88.1 Å². The van der Waals surface area contributed by atoms with Crippen LogP contribution in [0.5, 0.6) is 0 Å². The van der Waals surface area contributed by atoms with Crippen molar-refractivity contribution in [2.75, 3.05) is 13.2 Å². The summed E-state index contributed by atoms with van der Waals surface area (Å²) >= 11 is 0. The number of unbranched alkanes of at least 4 members (excludes halogenated alkanes) is 2. The lowest BCUT2D eigenvalue weighted by Crippen LogP contribution is -1.95. The summed E-state index contributed by atoms with van der Waals surface area (Å²) in [4.78, 5) is 0. The summed E-state index contributed by atoms with van der Waals surface area (Å²) in [6.45, 7) is 7.42. The first-order chi connectivity index (χ1) is 6.66. The third kappa shape index (κ3) is 10.1. The van der Waals surface area contributed by atoms with Crippen LogP contribution in [0.1, 0.15) is 46.5 Å². The Balaban J connectivity index is 3.20. The van der Waals surface area contributed by atoms with Crippen LogP contribution in [0.4, 0.5) is 0 Å². The molecule has 0 spiro atoms. The van der Waals surface area contributed by atoms with Gasteiger partial charge in [0.15, 0.2) is 0 Å². The van der Waals surface area contributed by atoms with E-state index in [1.807, 2.05) is 0 Å². The highest BCUT2D eigenvalue weighted by atomic mass is 31.1. The van der Waals surface area contributed by atoms with E-state index in [0.717, 1.165) is 25.7 Å². The molecule has 14 heavy (non-hydrogen) atoms. The fourth-order valence-electron chi connectivity index (χ4n) is 0.891. The maximum absolute atomic E-state index is 11.1. The zero-order chi connectivity index (χ0) is 10.8. The van der Waals surface area contributed by atoms with Gasteiger partial charge in [0.2, 0.25) is 0 Å². The summed E-state index contributed by atoms with van der Waals surface area (Å²) in [7, 11) is -1.88. The van der Waals surface area contributed by atoms with Crippen molar-refractivity contribution >= 4 is 8.25 Å². The van der Waals surface area contributed by atoms with Crippen LogP contribution >= 0.6 is 8.25 Å². The Bertz CT molecular complexity index is 148. The molecular formula is C10H22O3P+. The van der Waals surface area contributed by atoms with E-state index >= 15 is 0 Å². The van der Waals surface area contributed by atoms with Crippen molar-refractivity contribution in [1.82, 2.24) is 0 Å². The Morgan fingerprint density at radius 2 is 1.79 bits per heavy atom. The van der Waals surface area contributed by atoms with Gasteiger partial charge in [0, 0.05) is 4.57 Å². The highest BCUT2D eigenvalue weighted by Gasteiger charge is 2.19. The largest absolute Gasteiger partial charge is 0.697 e. The Kier molecular flexibility index (Phi) is 9.58. The van der Waals surface area contributed by atoms with E-state index in [2.05, 4.69) is 20.8 Å². The Morgan fingerprint density at radius 3 is 2.36 bits per heavy atom. The summed E-state index contributed by atoms with van der Waals surface area (Å²) in [5, 5.41) is 0. The normalized spacial score (nSPS) is 12.1. The fraction of sp³-hybridized carbons (Fsp3) is 1.00. The average Bonchev–Trinajstić information content (AvgIpc) is 2.12. The van der Waals surface area contributed by atoms with Gasteiger partial charge in [-0.15, -0.1) is 9.05 Å². The van der Waals surface area contributed by atoms with Gasteiger partial charge in [0.1, 0.15) is 13.2 Å². The molecule has 0 fully saturated rings. The molecule has 0 N–H and O–H groups in total. The minimum Gasteiger partial charge on any atom is -0.119 e. The molecule has 0 aromatic heterocycles. The molecule has 0 radical (unpaired) electrons. The summed E-state index contributed by atoms with van der Waals surface area (Å²) in [6.07, 6.45) is 4.16. The van der Waals surface area contributed by atoms with Crippen molar-refractivity contribution in [2.24, 2.45) is 5.92 Å². The first-order valence-corrected chi connectivity index (χ1v) is 6.49. The highest BCUT2D eigenvalue weighted by molar-refractivity contribution is 7.33. The van der Waals surface area contributed by atoms with Gasteiger partial charge in [0.25, 0.3) is 0 Å².